The number of hydrogen-bond donors (Lipinski definition) is 1. The third-order valence-corrected chi connectivity index (χ3v) is 9.02. The third kappa shape index (κ3) is 4.16. The molecule has 2 unspecified atom stereocenters. The number of para-hydroxylation sites is 1. The highest BCUT2D eigenvalue weighted by Crippen LogP contribution is 2.64. The van der Waals surface area contributed by atoms with E-state index in [9.17, 15) is 19.5 Å². The van der Waals surface area contributed by atoms with Crippen molar-refractivity contribution < 1.29 is 29.0 Å². The summed E-state index contributed by atoms with van der Waals surface area (Å²) in [6.45, 7) is 9.13. The number of amides is 2. The number of aliphatic hydroxyl groups excluding tert-OH is 1. The number of hydrogen-bond acceptors (Lipinski definition) is 6. The van der Waals surface area contributed by atoms with Gasteiger partial charge in [0.2, 0.25) is 5.91 Å². The molecule has 3 aliphatic heterocycles. The van der Waals surface area contributed by atoms with Crippen LogP contribution in [0.3, 0.4) is 0 Å². The lowest BCUT2D eigenvalue weighted by molar-refractivity contribution is -0.160. The van der Waals surface area contributed by atoms with Crippen molar-refractivity contribution in [1.29, 1.82) is 0 Å². The van der Waals surface area contributed by atoms with Crippen LogP contribution in [-0.2, 0) is 23.9 Å². The molecule has 2 aromatic rings. The highest BCUT2D eigenvalue weighted by atomic mass is 35.5. The van der Waals surface area contributed by atoms with Crippen LogP contribution in [-0.4, -0.2) is 64.8 Å². The Labute approximate surface area is 239 Å². The molecule has 3 saturated heterocycles. The van der Waals surface area contributed by atoms with Gasteiger partial charge in [-0.3, -0.25) is 14.4 Å². The molecule has 0 aromatic heterocycles. The highest BCUT2D eigenvalue weighted by molar-refractivity contribution is 6.34. The van der Waals surface area contributed by atoms with Gasteiger partial charge in [-0.05, 0) is 50.8 Å². The molecule has 3 aliphatic rings. The number of likely N-dealkylation sites (tertiary alicyclic amines) is 1. The lowest BCUT2D eigenvalue weighted by Gasteiger charge is -2.40. The van der Waals surface area contributed by atoms with Crippen molar-refractivity contribution >= 4 is 35.1 Å². The van der Waals surface area contributed by atoms with Crippen LogP contribution < -0.4 is 4.90 Å². The number of ether oxygens (including phenoxy) is 2. The Hall–Kier alpha value is -3.20. The normalized spacial score (nSPS) is 29.3. The predicted molar refractivity (Wildman–Crippen MR) is 151 cm³/mol. The Morgan fingerprint density at radius 3 is 2.60 bits per heavy atom. The summed E-state index contributed by atoms with van der Waals surface area (Å²) in [7, 11) is 0. The van der Waals surface area contributed by atoms with Crippen LogP contribution >= 0.6 is 11.6 Å². The van der Waals surface area contributed by atoms with Gasteiger partial charge in [0.05, 0.1) is 41.5 Å². The first-order valence-electron chi connectivity index (χ1n) is 13.7. The average Bonchev–Trinajstić information content (AvgIpc) is 3.50. The molecule has 2 amide bonds. The van der Waals surface area contributed by atoms with Crippen molar-refractivity contribution in [1.82, 2.24) is 4.90 Å². The number of benzene rings is 2. The first kappa shape index (κ1) is 28.3. The van der Waals surface area contributed by atoms with Gasteiger partial charge in [-0.25, -0.2) is 0 Å². The van der Waals surface area contributed by atoms with E-state index in [2.05, 4.69) is 6.58 Å². The number of halogens is 1. The number of nitrogens with zero attached hydrogens (tertiary/aromatic N) is 2. The molecule has 8 nitrogen and oxygen atoms in total. The summed E-state index contributed by atoms with van der Waals surface area (Å²) in [6, 6.07) is 12.5. The molecule has 0 saturated carbocycles. The molecule has 2 bridgehead atoms. The maximum Gasteiger partial charge on any atom is 0.312 e. The van der Waals surface area contributed by atoms with Gasteiger partial charge >= 0.3 is 5.97 Å². The monoisotopic (exact) mass is 566 g/mol. The number of rotatable bonds is 9. The molecule has 1 spiro atoms. The van der Waals surface area contributed by atoms with Crippen LogP contribution in [0, 0.1) is 18.8 Å². The molecule has 40 heavy (non-hydrogen) atoms. The van der Waals surface area contributed by atoms with Crippen molar-refractivity contribution in [3.63, 3.8) is 0 Å². The summed E-state index contributed by atoms with van der Waals surface area (Å²) in [5.74, 6) is -3.13. The fourth-order valence-corrected chi connectivity index (χ4v) is 7.45. The number of aliphatic hydroxyl groups is 1. The van der Waals surface area contributed by atoms with E-state index in [-0.39, 0.29) is 13.2 Å². The topological polar surface area (TPSA) is 96.4 Å². The minimum Gasteiger partial charge on any atom is -0.466 e. The van der Waals surface area contributed by atoms with Gasteiger partial charge in [-0.15, -0.1) is 6.58 Å². The van der Waals surface area contributed by atoms with Gasteiger partial charge in [0.25, 0.3) is 5.91 Å². The van der Waals surface area contributed by atoms with Gasteiger partial charge < -0.3 is 24.4 Å². The van der Waals surface area contributed by atoms with E-state index in [1.54, 1.807) is 19.1 Å². The van der Waals surface area contributed by atoms with Crippen LogP contribution in [0.15, 0.2) is 61.2 Å². The quantitative estimate of drug-likeness (QED) is 0.360. The van der Waals surface area contributed by atoms with Crippen LogP contribution in [0.2, 0.25) is 5.02 Å². The number of aryl methyl sites for hydroxylation is 1. The second-order valence-corrected chi connectivity index (χ2v) is 11.4. The van der Waals surface area contributed by atoms with E-state index in [1.807, 2.05) is 56.3 Å². The van der Waals surface area contributed by atoms with Crippen molar-refractivity contribution in [2.45, 2.75) is 56.9 Å². The maximum atomic E-state index is 14.8. The van der Waals surface area contributed by atoms with Crippen molar-refractivity contribution in [2.24, 2.45) is 11.8 Å². The van der Waals surface area contributed by atoms with E-state index >= 15 is 0 Å². The van der Waals surface area contributed by atoms with Gasteiger partial charge in [-0.2, -0.15) is 0 Å². The molecule has 0 radical (unpaired) electrons. The molecule has 9 heteroatoms. The van der Waals surface area contributed by atoms with Crippen molar-refractivity contribution in [3.8, 4) is 0 Å². The van der Waals surface area contributed by atoms with E-state index in [0.29, 0.717) is 29.1 Å². The largest absolute Gasteiger partial charge is 0.466 e. The minimum atomic E-state index is -1.28. The molecular weight excluding hydrogens is 532 g/mol. The van der Waals surface area contributed by atoms with Crippen LogP contribution in [0.4, 0.5) is 5.69 Å². The lowest BCUT2D eigenvalue weighted by Crippen LogP contribution is -2.57. The number of esters is 1. The lowest BCUT2D eigenvalue weighted by atomic mass is 9.66. The smallest absolute Gasteiger partial charge is 0.312 e. The highest BCUT2D eigenvalue weighted by Gasteiger charge is 2.79. The molecule has 212 valence electrons. The van der Waals surface area contributed by atoms with Gasteiger partial charge in [-0.1, -0.05) is 60.1 Å². The molecule has 3 heterocycles. The Morgan fingerprint density at radius 1 is 1.25 bits per heavy atom. The fourth-order valence-electron chi connectivity index (χ4n) is 7.13. The SMILES string of the molecule is C=CCN(C(=O)C1N([C@H](CO)c2ccccc2)C(=O)[C@@H]2[C@@H](C(=O)OCC)[C@@]3(C)CCC12O3)c1c(C)cccc1Cl. The number of carbonyl (C=O) groups excluding carboxylic acids is 3. The average molecular weight is 567 g/mol. The summed E-state index contributed by atoms with van der Waals surface area (Å²) in [6.07, 6.45) is 2.49. The predicted octanol–water partition coefficient (Wildman–Crippen LogP) is 4.23. The molecule has 2 aromatic carbocycles. The Morgan fingerprint density at radius 2 is 1.98 bits per heavy atom. The molecule has 5 rings (SSSR count). The third-order valence-electron chi connectivity index (χ3n) is 8.72. The first-order chi connectivity index (χ1) is 19.1. The van der Waals surface area contributed by atoms with E-state index in [1.165, 1.54) is 9.80 Å². The minimum absolute atomic E-state index is 0.135. The second kappa shape index (κ2) is 10.7. The summed E-state index contributed by atoms with van der Waals surface area (Å²) in [4.78, 5) is 45.6. The fraction of sp³-hybridized carbons (Fsp3) is 0.452. The van der Waals surface area contributed by atoms with Crippen LogP contribution in [0.1, 0.15) is 43.9 Å². The van der Waals surface area contributed by atoms with E-state index in [4.69, 9.17) is 21.1 Å². The number of fused-ring (bicyclic) bond motifs is 1. The Kier molecular flexibility index (Phi) is 7.54. The maximum absolute atomic E-state index is 14.8. The number of anilines is 1. The zero-order valence-corrected chi connectivity index (χ0v) is 23.8. The molecule has 6 atom stereocenters. The van der Waals surface area contributed by atoms with Gasteiger partial charge in [0.1, 0.15) is 17.6 Å². The summed E-state index contributed by atoms with van der Waals surface area (Å²) in [5.41, 5.74) is -0.269. The summed E-state index contributed by atoms with van der Waals surface area (Å²) in [5, 5.41) is 11.0. The Balaban J connectivity index is 1.70. The van der Waals surface area contributed by atoms with E-state index < -0.39 is 59.5 Å². The zero-order valence-electron chi connectivity index (χ0n) is 23.0. The van der Waals surface area contributed by atoms with Crippen LogP contribution in [0.25, 0.3) is 0 Å². The van der Waals surface area contributed by atoms with Crippen molar-refractivity contribution in [2.75, 3.05) is 24.7 Å². The molecule has 3 fully saturated rings. The molecule has 1 N–H and O–H groups in total. The molecular formula is C31H35ClN2O6. The van der Waals surface area contributed by atoms with Gasteiger partial charge in [0.15, 0.2) is 0 Å². The standard InChI is InChI=1S/C31H35ClN2O6/c1-5-17-33(25-19(3)11-10-14-21(25)32)28(37)26-31-16-15-30(4,40-31)24(29(38)39-6-2)23(31)27(36)34(26)22(18-35)20-12-8-7-9-13-20/h5,7-14,22-24,26,35H,1,6,15-18H2,2-4H3/t22-,23+,24+,26?,30-,31?/m1/s1. The summed E-state index contributed by atoms with van der Waals surface area (Å²) < 4.78 is 12.1. The van der Waals surface area contributed by atoms with Crippen LogP contribution in [0.5, 0.6) is 0 Å². The second-order valence-electron chi connectivity index (χ2n) is 11.0. The zero-order chi connectivity index (χ0) is 28.8. The van der Waals surface area contributed by atoms with Crippen molar-refractivity contribution in [3.05, 3.63) is 77.3 Å². The molecule has 0 aliphatic carbocycles. The van der Waals surface area contributed by atoms with Gasteiger partial charge in [0, 0.05) is 6.54 Å². The first-order valence-corrected chi connectivity index (χ1v) is 14.0. The summed E-state index contributed by atoms with van der Waals surface area (Å²) >= 11 is 6.63. The van der Waals surface area contributed by atoms with E-state index in [0.717, 1.165) is 5.56 Å². The Bertz CT molecular complexity index is 1310. The number of carbonyl (C=O) groups is 3.